The van der Waals surface area contributed by atoms with E-state index in [-0.39, 0.29) is 11.4 Å². The van der Waals surface area contributed by atoms with Crippen molar-refractivity contribution in [1.29, 1.82) is 0 Å². The molecule has 14 heteroatoms. The standard InChI is InChI=1S/C28H29N7O5S2/c1-28(2,3)40-27(38)31-29-20-23(36)35-21(19(15-41-24(20)35)16-42-26-30-32-33-34(26)4)25(37)39-22(17-11-7-5-8-12-17)18-13-9-6-10-14-18/h5-14,22,24H,15-16H2,1-4H3,(H,31,38)/b29-20-. The van der Waals surface area contributed by atoms with E-state index in [1.54, 1.807) is 27.8 Å². The average molecular weight is 608 g/mol. The fourth-order valence-electron chi connectivity index (χ4n) is 4.29. The van der Waals surface area contributed by atoms with E-state index in [9.17, 15) is 14.4 Å². The molecule has 1 unspecified atom stereocenters. The van der Waals surface area contributed by atoms with Crippen molar-refractivity contribution < 1.29 is 23.9 Å². The zero-order chi connectivity index (χ0) is 29.9. The number of rotatable bonds is 8. The van der Waals surface area contributed by atoms with Gasteiger partial charge in [0.2, 0.25) is 5.16 Å². The number of esters is 1. The number of carbonyl (C=O) groups is 3. The molecule has 0 saturated carbocycles. The molecule has 1 N–H and O–H groups in total. The number of aryl methyl sites for hydroxylation is 1. The molecule has 1 aromatic heterocycles. The summed E-state index contributed by atoms with van der Waals surface area (Å²) in [6, 6.07) is 18.8. The van der Waals surface area contributed by atoms with Gasteiger partial charge >= 0.3 is 12.1 Å². The maximum absolute atomic E-state index is 14.0. The van der Waals surface area contributed by atoms with Crippen LogP contribution in [-0.2, 0) is 26.1 Å². The van der Waals surface area contributed by atoms with E-state index in [2.05, 4.69) is 26.1 Å². The zero-order valence-corrected chi connectivity index (χ0v) is 25.0. The van der Waals surface area contributed by atoms with E-state index in [1.165, 1.54) is 33.1 Å². The Kier molecular flexibility index (Phi) is 8.64. The third-order valence-corrected chi connectivity index (χ3v) is 8.51. The van der Waals surface area contributed by atoms with Crippen molar-refractivity contribution in [3.8, 4) is 0 Å². The fourth-order valence-corrected chi connectivity index (χ4v) is 6.54. The number of carbonyl (C=O) groups excluding carboxylic acids is 3. The topological polar surface area (TPSA) is 141 Å². The van der Waals surface area contributed by atoms with Gasteiger partial charge in [0.1, 0.15) is 16.7 Å². The number of hydrogen-bond donors (Lipinski definition) is 1. The van der Waals surface area contributed by atoms with Gasteiger partial charge in [0.15, 0.2) is 11.8 Å². The Morgan fingerprint density at radius 3 is 2.33 bits per heavy atom. The van der Waals surface area contributed by atoms with Crippen molar-refractivity contribution >= 4 is 47.2 Å². The van der Waals surface area contributed by atoms with Gasteiger partial charge in [-0.05, 0) is 47.9 Å². The Morgan fingerprint density at radius 1 is 1.12 bits per heavy atom. The third-order valence-electron chi connectivity index (χ3n) is 6.14. The largest absolute Gasteiger partial charge is 0.448 e. The molecule has 5 rings (SSSR count). The lowest BCUT2D eigenvalue weighted by molar-refractivity contribution is -0.147. The molecule has 1 fully saturated rings. The highest BCUT2D eigenvalue weighted by Crippen LogP contribution is 2.41. The number of hydrogen-bond acceptors (Lipinski definition) is 11. The van der Waals surface area contributed by atoms with Crippen LogP contribution in [0, 0.1) is 0 Å². The van der Waals surface area contributed by atoms with Crippen molar-refractivity contribution in [2.45, 2.75) is 43.0 Å². The lowest BCUT2D eigenvalue weighted by Gasteiger charge is -2.44. The molecule has 2 aliphatic rings. The minimum absolute atomic E-state index is 0.114. The predicted molar refractivity (Wildman–Crippen MR) is 157 cm³/mol. The predicted octanol–water partition coefficient (Wildman–Crippen LogP) is 3.68. The third kappa shape index (κ3) is 6.49. The molecular weight excluding hydrogens is 578 g/mol. The number of tetrazole rings is 1. The normalized spacial score (nSPS) is 17.6. The molecule has 0 aliphatic carbocycles. The first-order valence-electron chi connectivity index (χ1n) is 13.0. The minimum atomic E-state index is -0.778. The van der Waals surface area contributed by atoms with Gasteiger partial charge in [-0.2, -0.15) is 5.10 Å². The van der Waals surface area contributed by atoms with Crippen LogP contribution >= 0.6 is 23.5 Å². The van der Waals surface area contributed by atoms with Gasteiger partial charge in [-0.15, -0.1) is 16.9 Å². The van der Waals surface area contributed by atoms with Crippen molar-refractivity contribution in [2.75, 3.05) is 11.5 Å². The van der Waals surface area contributed by atoms with Crippen LogP contribution in [0.4, 0.5) is 4.79 Å². The summed E-state index contributed by atoms with van der Waals surface area (Å²) in [7, 11) is 1.72. The average Bonchev–Trinajstić information content (AvgIpc) is 3.38. The minimum Gasteiger partial charge on any atom is -0.448 e. The Labute approximate surface area is 250 Å². The van der Waals surface area contributed by atoms with Crippen molar-refractivity contribution in [2.24, 2.45) is 12.1 Å². The van der Waals surface area contributed by atoms with E-state index >= 15 is 0 Å². The molecule has 1 saturated heterocycles. The molecule has 218 valence electrons. The second-order valence-corrected chi connectivity index (χ2v) is 12.4. The monoisotopic (exact) mass is 607 g/mol. The van der Waals surface area contributed by atoms with Crippen LogP contribution in [0.5, 0.6) is 0 Å². The summed E-state index contributed by atoms with van der Waals surface area (Å²) in [5, 5.41) is 15.5. The molecule has 12 nitrogen and oxygen atoms in total. The molecule has 3 heterocycles. The van der Waals surface area contributed by atoms with Crippen LogP contribution in [0.3, 0.4) is 0 Å². The van der Waals surface area contributed by atoms with Crippen LogP contribution in [0.25, 0.3) is 0 Å². The highest BCUT2D eigenvalue weighted by molar-refractivity contribution is 8.01. The highest BCUT2D eigenvalue weighted by Gasteiger charge is 2.52. The maximum Gasteiger partial charge on any atom is 0.428 e. The maximum atomic E-state index is 14.0. The van der Waals surface area contributed by atoms with Crippen molar-refractivity contribution in [1.82, 2.24) is 30.5 Å². The van der Waals surface area contributed by atoms with E-state index in [4.69, 9.17) is 9.47 Å². The zero-order valence-electron chi connectivity index (χ0n) is 23.4. The number of amides is 2. The fraction of sp³-hybridized carbons (Fsp3) is 0.321. The van der Waals surface area contributed by atoms with E-state index in [1.807, 2.05) is 60.7 Å². The van der Waals surface area contributed by atoms with Gasteiger partial charge in [0.25, 0.3) is 5.91 Å². The molecule has 0 radical (unpaired) electrons. The number of benzene rings is 2. The van der Waals surface area contributed by atoms with E-state index < -0.39 is 35.0 Å². The molecule has 1 atom stereocenters. The number of aromatic nitrogens is 4. The molecule has 0 bridgehead atoms. The molecular formula is C28H29N7O5S2. The lowest BCUT2D eigenvalue weighted by Crippen LogP contribution is -2.63. The highest BCUT2D eigenvalue weighted by atomic mass is 32.2. The number of thioether (sulfide) groups is 2. The summed E-state index contributed by atoms with van der Waals surface area (Å²) in [4.78, 5) is 40.9. The number of fused-ring (bicyclic) bond motifs is 1. The number of nitrogens with one attached hydrogen (secondary N) is 1. The summed E-state index contributed by atoms with van der Waals surface area (Å²) < 4.78 is 12.9. The number of ether oxygens (including phenoxy) is 2. The van der Waals surface area contributed by atoms with E-state index in [0.29, 0.717) is 22.2 Å². The van der Waals surface area contributed by atoms with Crippen LogP contribution in [-0.4, -0.2) is 71.3 Å². The lowest BCUT2D eigenvalue weighted by atomic mass is 10.0. The Bertz CT molecular complexity index is 1500. The Hall–Kier alpha value is -4.17. The summed E-state index contributed by atoms with van der Waals surface area (Å²) in [5.41, 5.74) is 4.11. The van der Waals surface area contributed by atoms with Crippen LogP contribution in [0.2, 0.25) is 0 Å². The SMILES string of the molecule is Cn1nnnc1SCC1=C(C(=O)OC(c2ccccc2)c2ccccc2)N2C(=O)/C(=N/NC(=O)OC(C)(C)C)C2SC1. The Morgan fingerprint density at radius 2 is 1.76 bits per heavy atom. The number of hydrazone groups is 1. The van der Waals surface area contributed by atoms with Gasteiger partial charge < -0.3 is 9.47 Å². The smallest absolute Gasteiger partial charge is 0.428 e. The molecule has 2 aromatic carbocycles. The van der Waals surface area contributed by atoms with Gasteiger partial charge in [-0.1, -0.05) is 72.4 Å². The summed E-state index contributed by atoms with van der Waals surface area (Å²) in [6.45, 7) is 5.18. The summed E-state index contributed by atoms with van der Waals surface area (Å²) in [5.74, 6) is -0.373. The van der Waals surface area contributed by atoms with Gasteiger partial charge in [-0.25, -0.2) is 19.7 Å². The van der Waals surface area contributed by atoms with Crippen LogP contribution in [0.15, 0.2) is 82.2 Å². The van der Waals surface area contributed by atoms with Crippen molar-refractivity contribution in [3.05, 3.63) is 83.1 Å². The second kappa shape index (κ2) is 12.4. The molecule has 2 aliphatic heterocycles. The molecule has 2 amide bonds. The van der Waals surface area contributed by atoms with Crippen LogP contribution < -0.4 is 5.43 Å². The summed E-state index contributed by atoms with van der Waals surface area (Å²) in [6.07, 6.45) is -1.48. The van der Waals surface area contributed by atoms with Crippen LogP contribution in [0.1, 0.15) is 38.0 Å². The van der Waals surface area contributed by atoms with Gasteiger partial charge in [0, 0.05) is 18.6 Å². The summed E-state index contributed by atoms with van der Waals surface area (Å²) >= 11 is 2.76. The van der Waals surface area contributed by atoms with Crippen molar-refractivity contribution in [3.63, 3.8) is 0 Å². The molecule has 42 heavy (non-hydrogen) atoms. The second-order valence-electron chi connectivity index (χ2n) is 10.4. The first-order chi connectivity index (χ1) is 20.1. The molecule has 0 spiro atoms. The Balaban J connectivity index is 1.44. The number of nitrogens with zero attached hydrogens (tertiary/aromatic N) is 6. The van der Waals surface area contributed by atoms with Gasteiger partial charge in [0.05, 0.1) is 0 Å². The van der Waals surface area contributed by atoms with Gasteiger partial charge in [-0.3, -0.25) is 9.69 Å². The molecule has 3 aromatic rings. The number of β-lactam (4-membered cyclic amide) rings is 1. The van der Waals surface area contributed by atoms with E-state index in [0.717, 1.165) is 11.1 Å². The first kappa shape index (κ1) is 29.3. The quantitative estimate of drug-likeness (QED) is 0.174. The first-order valence-corrected chi connectivity index (χ1v) is 15.1.